The van der Waals surface area contributed by atoms with E-state index in [4.69, 9.17) is 16.3 Å². The number of rotatable bonds is 9. The van der Waals surface area contributed by atoms with Crippen molar-refractivity contribution in [1.29, 1.82) is 0 Å². The molecule has 10 nitrogen and oxygen atoms in total. The van der Waals surface area contributed by atoms with E-state index in [1.165, 1.54) is 0 Å². The van der Waals surface area contributed by atoms with E-state index in [1.54, 1.807) is 54.6 Å². The number of carbonyl (C=O) groups is 3. The second-order valence-electron chi connectivity index (χ2n) is 6.95. The summed E-state index contributed by atoms with van der Waals surface area (Å²) in [6.45, 7) is -0.270. The molecule has 12 heteroatoms. The molecule has 32 heavy (non-hydrogen) atoms. The molecule has 0 spiro atoms. The summed E-state index contributed by atoms with van der Waals surface area (Å²) in [5.74, 6) is -3.22. The first kappa shape index (κ1) is 23.7. The van der Waals surface area contributed by atoms with Crippen LogP contribution in [0.3, 0.4) is 0 Å². The molecule has 0 unspecified atom stereocenters. The fraction of sp³-hybridized carbons (Fsp3) is 0.250. The molecule has 3 rings (SSSR count). The Morgan fingerprint density at radius 1 is 1.12 bits per heavy atom. The van der Waals surface area contributed by atoms with Crippen LogP contribution < -0.4 is 10.0 Å². The molecule has 1 saturated heterocycles. The van der Waals surface area contributed by atoms with Gasteiger partial charge in [0, 0.05) is 11.6 Å². The number of halogens is 1. The van der Waals surface area contributed by atoms with Crippen LogP contribution in [0.2, 0.25) is 5.02 Å². The third-order valence-corrected chi connectivity index (χ3v) is 6.27. The van der Waals surface area contributed by atoms with E-state index in [1.807, 2.05) is 4.72 Å². The van der Waals surface area contributed by atoms with Gasteiger partial charge in [-0.1, -0.05) is 54.1 Å². The largest absolute Gasteiger partial charge is 0.480 e. The van der Waals surface area contributed by atoms with E-state index in [0.717, 1.165) is 9.87 Å². The van der Waals surface area contributed by atoms with Crippen LogP contribution in [0.5, 0.6) is 0 Å². The Hall–Kier alpha value is -2.99. The molecule has 0 bridgehead atoms. The van der Waals surface area contributed by atoms with Crippen molar-refractivity contribution >= 4 is 39.7 Å². The summed E-state index contributed by atoms with van der Waals surface area (Å²) < 4.78 is 32.5. The Balaban J connectivity index is 1.69. The standard InChI is InChI=1S/C20H20ClN3O7S/c21-15-8-6-13(7-9-15)11-24-18(19(26)23-32(24,29)30)22-16(20(27)28)10-17(25)31-12-14-4-2-1-3-5-14/h1-9,16,18,22H,10-12H2,(H,23,26)(H,27,28)/t16-,18+/m0/s1. The van der Waals surface area contributed by atoms with Crippen molar-refractivity contribution in [3.63, 3.8) is 0 Å². The molecule has 0 aliphatic carbocycles. The van der Waals surface area contributed by atoms with E-state index < -0.39 is 46.7 Å². The number of benzene rings is 2. The van der Waals surface area contributed by atoms with Gasteiger partial charge < -0.3 is 9.84 Å². The number of hydrogen-bond donors (Lipinski definition) is 3. The monoisotopic (exact) mass is 481 g/mol. The van der Waals surface area contributed by atoms with Gasteiger partial charge in [-0.25, -0.2) is 4.72 Å². The number of esters is 1. The van der Waals surface area contributed by atoms with Crippen LogP contribution in [0.25, 0.3) is 0 Å². The molecule has 1 amide bonds. The van der Waals surface area contributed by atoms with Crippen molar-refractivity contribution in [3.05, 3.63) is 70.7 Å². The predicted octanol–water partition coefficient (Wildman–Crippen LogP) is 1.02. The number of carboxylic acid groups (broad SMARTS) is 1. The quantitative estimate of drug-likeness (QED) is 0.450. The van der Waals surface area contributed by atoms with Crippen LogP contribution in [-0.2, 0) is 42.5 Å². The fourth-order valence-electron chi connectivity index (χ4n) is 2.99. The average molecular weight is 482 g/mol. The van der Waals surface area contributed by atoms with Gasteiger partial charge in [-0.3, -0.25) is 19.7 Å². The SMILES string of the molecule is O=C(C[C@H](N[C@H]1C(=O)NS(=O)(=O)N1Cc1ccc(Cl)cc1)C(=O)O)OCc1ccccc1. The Morgan fingerprint density at radius 2 is 1.78 bits per heavy atom. The minimum atomic E-state index is -4.21. The molecule has 1 aliphatic heterocycles. The number of ether oxygens (including phenoxy) is 1. The molecule has 1 aliphatic rings. The molecular weight excluding hydrogens is 462 g/mol. The van der Waals surface area contributed by atoms with E-state index in [2.05, 4.69) is 5.32 Å². The van der Waals surface area contributed by atoms with Crippen molar-refractivity contribution in [2.24, 2.45) is 0 Å². The summed E-state index contributed by atoms with van der Waals surface area (Å²) >= 11 is 5.83. The van der Waals surface area contributed by atoms with E-state index in [0.29, 0.717) is 10.6 Å². The topological polar surface area (TPSA) is 142 Å². The van der Waals surface area contributed by atoms with Crippen LogP contribution in [0.1, 0.15) is 17.5 Å². The lowest BCUT2D eigenvalue weighted by Crippen LogP contribution is -2.53. The molecule has 0 radical (unpaired) electrons. The zero-order chi connectivity index (χ0) is 23.3. The van der Waals surface area contributed by atoms with Gasteiger partial charge in [0.25, 0.3) is 5.91 Å². The van der Waals surface area contributed by atoms with Crippen LogP contribution in [0.4, 0.5) is 0 Å². The second kappa shape index (κ2) is 10.1. The van der Waals surface area contributed by atoms with E-state index in [-0.39, 0.29) is 13.2 Å². The highest BCUT2D eigenvalue weighted by molar-refractivity contribution is 7.88. The van der Waals surface area contributed by atoms with Gasteiger partial charge in [-0.05, 0) is 23.3 Å². The number of aliphatic carboxylic acids is 1. The molecule has 3 N–H and O–H groups in total. The Labute approximate surface area is 189 Å². The Morgan fingerprint density at radius 3 is 2.41 bits per heavy atom. The molecule has 2 atom stereocenters. The lowest BCUT2D eigenvalue weighted by atomic mass is 10.2. The first-order valence-corrected chi connectivity index (χ1v) is 11.2. The third kappa shape index (κ3) is 6.04. The molecule has 0 aromatic heterocycles. The normalized spacial score (nSPS) is 18.7. The summed E-state index contributed by atoms with van der Waals surface area (Å²) in [5.41, 5.74) is 1.24. The summed E-state index contributed by atoms with van der Waals surface area (Å²) in [6, 6.07) is 13.5. The molecule has 1 fully saturated rings. The molecular formula is C20H20ClN3O7S. The number of nitrogens with zero attached hydrogens (tertiary/aromatic N) is 1. The number of amides is 1. The zero-order valence-electron chi connectivity index (χ0n) is 16.6. The minimum absolute atomic E-state index is 0.0486. The Kier molecular flexibility index (Phi) is 7.46. The number of nitrogens with one attached hydrogen (secondary N) is 2. The maximum absolute atomic E-state index is 12.4. The number of carboxylic acids is 1. The van der Waals surface area contributed by atoms with Crippen molar-refractivity contribution in [3.8, 4) is 0 Å². The van der Waals surface area contributed by atoms with Gasteiger partial charge in [0.2, 0.25) is 0 Å². The summed E-state index contributed by atoms with van der Waals surface area (Å²) in [7, 11) is -4.21. The van der Waals surface area contributed by atoms with Crippen molar-refractivity contribution in [2.75, 3.05) is 0 Å². The van der Waals surface area contributed by atoms with Crippen LogP contribution in [-0.4, -0.2) is 47.9 Å². The van der Waals surface area contributed by atoms with Crippen LogP contribution in [0.15, 0.2) is 54.6 Å². The van der Waals surface area contributed by atoms with Crippen molar-refractivity contribution in [2.45, 2.75) is 31.8 Å². The maximum Gasteiger partial charge on any atom is 0.321 e. The first-order chi connectivity index (χ1) is 15.2. The third-order valence-electron chi connectivity index (χ3n) is 4.60. The highest BCUT2D eigenvalue weighted by Crippen LogP contribution is 2.19. The predicted molar refractivity (Wildman–Crippen MR) is 113 cm³/mol. The van der Waals surface area contributed by atoms with Crippen molar-refractivity contribution < 1.29 is 32.6 Å². The molecule has 170 valence electrons. The van der Waals surface area contributed by atoms with Gasteiger partial charge in [0.15, 0.2) is 6.17 Å². The van der Waals surface area contributed by atoms with E-state index in [9.17, 15) is 27.9 Å². The van der Waals surface area contributed by atoms with E-state index >= 15 is 0 Å². The van der Waals surface area contributed by atoms with Gasteiger partial charge in [0.05, 0.1) is 6.42 Å². The molecule has 2 aromatic rings. The van der Waals surface area contributed by atoms with Crippen molar-refractivity contribution in [1.82, 2.24) is 14.3 Å². The number of hydrogen-bond acceptors (Lipinski definition) is 7. The summed E-state index contributed by atoms with van der Waals surface area (Å²) in [5, 5.41) is 12.4. The first-order valence-electron chi connectivity index (χ1n) is 9.42. The lowest BCUT2D eigenvalue weighted by molar-refractivity contribution is -0.151. The van der Waals surface area contributed by atoms with Crippen LogP contribution >= 0.6 is 11.6 Å². The highest BCUT2D eigenvalue weighted by atomic mass is 35.5. The van der Waals surface area contributed by atoms with Gasteiger partial charge in [-0.2, -0.15) is 12.7 Å². The van der Waals surface area contributed by atoms with Crippen LogP contribution in [0, 0.1) is 0 Å². The zero-order valence-corrected chi connectivity index (χ0v) is 18.2. The molecule has 2 aromatic carbocycles. The summed E-state index contributed by atoms with van der Waals surface area (Å²) in [4.78, 5) is 36.1. The van der Waals surface area contributed by atoms with Gasteiger partial charge in [-0.15, -0.1) is 0 Å². The lowest BCUT2D eigenvalue weighted by Gasteiger charge is -2.24. The smallest absolute Gasteiger partial charge is 0.321 e. The van der Waals surface area contributed by atoms with Gasteiger partial charge in [0.1, 0.15) is 12.6 Å². The average Bonchev–Trinajstić information content (AvgIpc) is 2.96. The Bertz CT molecular complexity index is 1090. The van der Waals surface area contributed by atoms with Gasteiger partial charge >= 0.3 is 22.1 Å². The number of carbonyl (C=O) groups excluding carboxylic acids is 2. The second-order valence-corrected chi connectivity index (χ2v) is 9.01. The summed E-state index contributed by atoms with van der Waals surface area (Å²) in [6.07, 6.45) is -2.14. The molecule has 0 saturated carbocycles. The minimum Gasteiger partial charge on any atom is -0.480 e. The molecule has 1 heterocycles. The highest BCUT2D eigenvalue weighted by Gasteiger charge is 2.45. The maximum atomic E-state index is 12.4. The fourth-order valence-corrected chi connectivity index (χ4v) is 4.35.